The van der Waals surface area contributed by atoms with Crippen LogP contribution in [0.25, 0.3) is 33.1 Å². The Morgan fingerprint density at radius 3 is 1.91 bits per heavy atom. The van der Waals surface area contributed by atoms with E-state index in [1.165, 1.54) is 12.6 Å². The van der Waals surface area contributed by atoms with Crippen LogP contribution in [0.1, 0.15) is 11.1 Å². The number of aromatic nitrogens is 3. The van der Waals surface area contributed by atoms with Crippen LogP contribution in [0, 0.1) is 0 Å². The Bertz CT molecular complexity index is 1370. The molecule has 5 rings (SSSR count). The molecule has 0 aliphatic carbocycles. The first-order valence-electron chi connectivity index (χ1n) is 8.95. The number of nitrogens with one attached hydrogen (secondary N) is 2. The van der Waals surface area contributed by atoms with Crippen LogP contribution >= 0.6 is 15.9 Å². The average Bonchev–Trinajstić information content (AvgIpc) is 3.46. The molecule has 166 valence electrons. The number of H-pyrrole nitrogens is 2. The maximum Gasteiger partial charge on any atom is 0.416 e. The molecule has 3 heterocycles. The van der Waals surface area contributed by atoms with Gasteiger partial charge in [-0.1, -0.05) is 15.9 Å². The van der Waals surface area contributed by atoms with Crippen LogP contribution in [-0.2, 0) is 12.4 Å². The van der Waals surface area contributed by atoms with Crippen LogP contribution in [0.5, 0.6) is 0 Å². The fraction of sp³-hybridized carbons (Fsp3) is 0.0952. The van der Waals surface area contributed by atoms with Gasteiger partial charge in [0.2, 0.25) is 0 Å². The van der Waals surface area contributed by atoms with Gasteiger partial charge in [0, 0.05) is 44.2 Å². The molecule has 0 fully saturated rings. The number of nitrogens with zero attached hydrogens (tertiary/aromatic N) is 1. The summed E-state index contributed by atoms with van der Waals surface area (Å²) < 4.78 is 81.0. The van der Waals surface area contributed by atoms with Crippen molar-refractivity contribution in [2.24, 2.45) is 0 Å². The van der Waals surface area contributed by atoms with Crippen LogP contribution < -0.4 is 0 Å². The summed E-state index contributed by atoms with van der Waals surface area (Å²) in [5.74, 6) is 0.311. The summed E-state index contributed by atoms with van der Waals surface area (Å²) in [6.07, 6.45) is -2.92. The molecule has 0 atom stereocenters. The highest BCUT2D eigenvalue weighted by Gasteiger charge is 2.32. The lowest BCUT2D eigenvalue weighted by Crippen LogP contribution is -2.04. The van der Waals surface area contributed by atoms with Crippen molar-refractivity contribution < 1.29 is 30.8 Å². The molecule has 0 bridgehead atoms. The van der Waals surface area contributed by atoms with Gasteiger partial charge in [0.25, 0.3) is 0 Å². The summed E-state index contributed by atoms with van der Waals surface area (Å²) in [5.41, 5.74) is -0.107. The van der Waals surface area contributed by atoms with Crippen molar-refractivity contribution in [2.45, 2.75) is 12.4 Å². The smallest absolute Gasteiger partial charge is 0.416 e. The summed E-state index contributed by atoms with van der Waals surface area (Å²) in [5, 5.41) is 1.41. The third kappa shape index (κ3) is 4.38. The molecule has 2 N–H and O–H groups in total. The SMILES string of the molecule is FC(F)(F)c1cc(-c2cnco2)c2cc[nH]c2c1.FC(F)(F)c1cc(Br)c2cc[nH]c2c1. The fourth-order valence-corrected chi connectivity index (χ4v) is 3.76. The Hall–Kier alpha value is -3.21. The van der Waals surface area contributed by atoms with E-state index in [4.69, 9.17) is 4.42 Å². The number of halogens is 7. The van der Waals surface area contributed by atoms with Gasteiger partial charge >= 0.3 is 12.4 Å². The first-order valence-corrected chi connectivity index (χ1v) is 9.74. The maximum atomic E-state index is 12.8. The lowest BCUT2D eigenvalue weighted by molar-refractivity contribution is -0.138. The standard InChI is InChI=1S/C12H7F3N2O.C9H5BrF3N/c13-12(14,15)7-3-9(11-5-16-6-18-11)8-1-2-17-10(8)4-7;10-7-3-5(9(11,12)13)4-8-6(7)1-2-14-8/h1-6,17H;1-4,14H. The van der Waals surface area contributed by atoms with Crippen LogP contribution in [0.15, 0.2) is 70.3 Å². The Balaban J connectivity index is 0.000000158. The van der Waals surface area contributed by atoms with Crippen molar-refractivity contribution in [1.82, 2.24) is 15.0 Å². The zero-order valence-corrected chi connectivity index (χ0v) is 17.4. The summed E-state index contributed by atoms with van der Waals surface area (Å²) in [6.45, 7) is 0. The van der Waals surface area contributed by atoms with Gasteiger partial charge in [-0.15, -0.1) is 0 Å². The largest absolute Gasteiger partial charge is 0.443 e. The lowest BCUT2D eigenvalue weighted by atomic mass is 10.0. The van der Waals surface area contributed by atoms with E-state index >= 15 is 0 Å². The molecule has 0 unspecified atom stereocenters. The van der Waals surface area contributed by atoms with Gasteiger partial charge in [-0.25, -0.2) is 4.98 Å². The Morgan fingerprint density at radius 2 is 1.34 bits per heavy atom. The fourth-order valence-electron chi connectivity index (χ4n) is 3.17. The summed E-state index contributed by atoms with van der Waals surface area (Å²) in [7, 11) is 0. The molecule has 4 nitrogen and oxygen atoms in total. The highest BCUT2D eigenvalue weighted by Crippen LogP contribution is 2.37. The number of oxazole rings is 1. The molecule has 0 spiro atoms. The first-order chi connectivity index (χ1) is 15.0. The highest BCUT2D eigenvalue weighted by molar-refractivity contribution is 9.10. The molecule has 2 aromatic carbocycles. The zero-order chi connectivity index (χ0) is 23.1. The number of alkyl halides is 6. The predicted octanol–water partition coefficient (Wildman–Crippen LogP) is 7.79. The normalized spacial score (nSPS) is 12.2. The molecular weight excluding hydrogens is 504 g/mol. The van der Waals surface area contributed by atoms with Crippen LogP contribution in [0.3, 0.4) is 0 Å². The van der Waals surface area contributed by atoms with E-state index in [0.29, 0.717) is 32.2 Å². The van der Waals surface area contributed by atoms with Gasteiger partial charge in [0.15, 0.2) is 12.2 Å². The van der Waals surface area contributed by atoms with Crippen molar-refractivity contribution in [2.75, 3.05) is 0 Å². The maximum absolute atomic E-state index is 12.8. The highest BCUT2D eigenvalue weighted by atomic mass is 79.9. The molecule has 32 heavy (non-hydrogen) atoms. The van der Waals surface area contributed by atoms with E-state index in [1.807, 2.05) is 0 Å². The third-order valence-corrected chi connectivity index (χ3v) is 5.30. The molecular formula is C21H12BrF6N3O. The lowest BCUT2D eigenvalue weighted by Gasteiger charge is -2.09. The van der Waals surface area contributed by atoms with Gasteiger partial charge in [0.05, 0.1) is 17.3 Å². The second-order valence-corrected chi connectivity index (χ2v) is 7.58. The van der Waals surface area contributed by atoms with Gasteiger partial charge in [-0.3, -0.25) is 0 Å². The van der Waals surface area contributed by atoms with Crippen LogP contribution in [0.2, 0.25) is 0 Å². The first kappa shape index (κ1) is 22.0. The molecule has 3 aromatic heterocycles. The predicted molar refractivity (Wildman–Crippen MR) is 110 cm³/mol. The Kier molecular flexibility index (Phi) is 5.53. The number of rotatable bonds is 1. The summed E-state index contributed by atoms with van der Waals surface area (Å²) in [6, 6.07) is 7.75. The van der Waals surface area contributed by atoms with Crippen molar-refractivity contribution in [3.8, 4) is 11.3 Å². The van der Waals surface area contributed by atoms with Gasteiger partial charge < -0.3 is 14.4 Å². The summed E-state index contributed by atoms with van der Waals surface area (Å²) in [4.78, 5) is 9.24. The molecule has 0 radical (unpaired) electrons. The number of aromatic amines is 2. The minimum absolute atomic E-state index is 0.311. The number of benzene rings is 2. The van der Waals surface area contributed by atoms with E-state index in [1.54, 1.807) is 24.5 Å². The zero-order valence-electron chi connectivity index (χ0n) is 15.8. The topological polar surface area (TPSA) is 57.6 Å². The monoisotopic (exact) mass is 515 g/mol. The van der Waals surface area contributed by atoms with E-state index in [9.17, 15) is 26.3 Å². The van der Waals surface area contributed by atoms with E-state index in [2.05, 4.69) is 30.9 Å². The van der Waals surface area contributed by atoms with Gasteiger partial charge in [-0.05, 0) is 36.4 Å². The summed E-state index contributed by atoms with van der Waals surface area (Å²) >= 11 is 3.10. The molecule has 11 heteroatoms. The van der Waals surface area contributed by atoms with E-state index in [-0.39, 0.29) is 0 Å². The van der Waals surface area contributed by atoms with Gasteiger partial charge in [0.1, 0.15) is 0 Å². The van der Waals surface area contributed by atoms with Crippen LogP contribution in [0.4, 0.5) is 26.3 Å². The Labute approximate surface area is 184 Å². The number of fused-ring (bicyclic) bond motifs is 2. The van der Waals surface area contributed by atoms with Crippen molar-refractivity contribution in [3.05, 3.63) is 77.0 Å². The van der Waals surface area contributed by atoms with Crippen molar-refractivity contribution in [1.29, 1.82) is 0 Å². The molecule has 0 amide bonds. The Morgan fingerprint density at radius 1 is 0.781 bits per heavy atom. The molecule has 0 saturated heterocycles. The van der Waals surface area contributed by atoms with E-state index < -0.39 is 23.5 Å². The second kappa shape index (κ2) is 8.05. The quantitative estimate of drug-likeness (QED) is 0.224. The average molecular weight is 516 g/mol. The second-order valence-electron chi connectivity index (χ2n) is 6.72. The van der Waals surface area contributed by atoms with Crippen molar-refractivity contribution >= 4 is 37.7 Å². The number of hydrogen-bond acceptors (Lipinski definition) is 2. The third-order valence-electron chi connectivity index (χ3n) is 4.64. The van der Waals surface area contributed by atoms with E-state index in [0.717, 1.165) is 29.7 Å². The van der Waals surface area contributed by atoms with Crippen molar-refractivity contribution in [3.63, 3.8) is 0 Å². The molecule has 5 aromatic rings. The number of hydrogen-bond donors (Lipinski definition) is 2. The minimum atomic E-state index is -4.39. The molecule has 0 saturated carbocycles. The molecule has 0 aliphatic heterocycles. The molecule has 0 aliphatic rings. The minimum Gasteiger partial charge on any atom is -0.443 e. The van der Waals surface area contributed by atoms with Gasteiger partial charge in [-0.2, -0.15) is 26.3 Å². The van der Waals surface area contributed by atoms with Crippen LogP contribution in [-0.4, -0.2) is 15.0 Å².